The van der Waals surface area contributed by atoms with Gasteiger partial charge in [-0.1, -0.05) is 33.1 Å². The normalized spacial score (nSPS) is 8.91. The Bertz CT molecular complexity index is 114. The van der Waals surface area contributed by atoms with Gasteiger partial charge >= 0.3 is 0 Å². The lowest BCUT2D eigenvalue weighted by atomic mass is 10.2. The van der Waals surface area contributed by atoms with E-state index in [-0.39, 0.29) is 0 Å². The average Bonchev–Trinajstić information content (AvgIpc) is 2.03. The molecule has 0 aromatic rings. The number of hydrogen-bond donors (Lipinski definition) is 0. The molecule has 0 heteroatoms. The smallest absolute Gasteiger partial charge is 0.00886 e. The van der Waals surface area contributed by atoms with Crippen LogP contribution in [0.2, 0.25) is 0 Å². The lowest BCUT2D eigenvalue weighted by Gasteiger charge is -1.88. The first-order valence-electron chi connectivity index (χ1n) is 4.66. The summed E-state index contributed by atoms with van der Waals surface area (Å²) in [6.07, 6.45) is 8.16. The van der Waals surface area contributed by atoms with Crippen LogP contribution in [-0.4, -0.2) is 0 Å². The second-order valence-electron chi connectivity index (χ2n) is 2.77. The van der Waals surface area contributed by atoms with E-state index in [4.69, 9.17) is 0 Å². The zero-order valence-corrected chi connectivity index (χ0v) is 7.66. The van der Waals surface area contributed by atoms with Gasteiger partial charge in [0.05, 0.1) is 0 Å². The van der Waals surface area contributed by atoms with Crippen molar-refractivity contribution in [3.8, 4) is 11.8 Å². The molecule has 11 heavy (non-hydrogen) atoms. The Morgan fingerprint density at radius 2 is 1.64 bits per heavy atom. The van der Waals surface area contributed by atoms with Crippen molar-refractivity contribution in [2.24, 2.45) is 0 Å². The van der Waals surface area contributed by atoms with Gasteiger partial charge in [0.2, 0.25) is 0 Å². The van der Waals surface area contributed by atoms with E-state index in [9.17, 15) is 0 Å². The largest absolute Gasteiger partial charge is 0.103 e. The van der Waals surface area contributed by atoms with Gasteiger partial charge in [0.1, 0.15) is 0 Å². The molecule has 0 atom stereocenters. The Morgan fingerprint density at radius 3 is 2.18 bits per heavy atom. The first-order chi connectivity index (χ1) is 5.41. The summed E-state index contributed by atoms with van der Waals surface area (Å²) >= 11 is 0. The Morgan fingerprint density at radius 1 is 1.00 bits per heavy atom. The number of hydrogen-bond acceptors (Lipinski definition) is 0. The van der Waals surface area contributed by atoms with Crippen molar-refractivity contribution in [3.05, 3.63) is 6.92 Å². The standard InChI is InChI=1S/C11H19/c1-3-5-7-9-11-10-8-6-4-2/h1,3-9H2,2H3. The van der Waals surface area contributed by atoms with Gasteiger partial charge < -0.3 is 0 Å². The molecule has 0 aliphatic heterocycles. The predicted octanol–water partition coefficient (Wildman–Crippen LogP) is 3.57. The number of rotatable bonds is 5. The first-order valence-corrected chi connectivity index (χ1v) is 4.66. The maximum atomic E-state index is 3.78. The van der Waals surface area contributed by atoms with Gasteiger partial charge in [0.15, 0.2) is 0 Å². The molecule has 0 N–H and O–H groups in total. The summed E-state index contributed by atoms with van der Waals surface area (Å²) in [7, 11) is 0. The maximum Gasteiger partial charge on any atom is 0.00886 e. The highest BCUT2D eigenvalue weighted by molar-refractivity contribution is 4.98. The summed E-state index contributed by atoms with van der Waals surface area (Å²) in [6.45, 7) is 5.98. The van der Waals surface area contributed by atoms with Crippen molar-refractivity contribution in [3.63, 3.8) is 0 Å². The molecule has 0 saturated heterocycles. The maximum absolute atomic E-state index is 3.78. The van der Waals surface area contributed by atoms with E-state index in [1.807, 2.05) is 0 Å². The van der Waals surface area contributed by atoms with Crippen LogP contribution in [0.5, 0.6) is 0 Å². The van der Waals surface area contributed by atoms with Crippen LogP contribution in [-0.2, 0) is 0 Å². The molecule has 0 amide bonds. The lowest BCUT2D eigenvalue weighted by molar-refractivity contribution is 0.768. The molecule has 0 bridgehead atoms. The summed E-state index contributed by atoms with van der Waals surface area (Å²) in [5, 5.41) is 0. The SMILES string of the molecule is [CH2]CCCCC#CCCCC. The molecule has 0 rings (SSSR count). The summed E-state index contributed by atoms with van der Waals surface area (Å²) < 4.78 is 0. The monoisotopic (exact) mass is 151 g/mol. The molecule has 0 saturated carbocycles. The van der Waals surface area contributed by atoms with Gasteiger partial charge in [-0.05, 0) is 12.8 Å². The van der Waals surface area contributed by atoms with Crippen molar-refractivity contribution >= 4 is 0 Å². The van der Waals surface area contributed by atoms with Crippen LogP contribution >= 0.6 is 0 Å². The topological polar surface area (TPSA) is 0 Å². The van der Waals surface area contributed by atoms with E-state index in [1.54, 1.807) is 0 Å². The fourth-order valence-corrected chi connectivity index (χ4v) is 0.832. The fourth-order valence-electron chi connectivity index (χ4n) is 0.832. The summed E-state index contributed by atoms with van der Waals surface area (Å²) in [4.78, 5) is 0. The third-order valence-electron chi connectivity index (χ3n) is 1.58. The molecule has 0 fully saturated rings. The van der Waals surface area contributed by atoms with E-state index in [0.717, 1.165) is 19.3 Å². The molecule has 0 nitrogen and oxygen atoms in total. The zero-order valence-electron chi connectivity index (χ0n) is 7.66. The Labute approximate surface area is 71.4 Å². The summed E-state index contributed by atoms with van der Waals surface area (Å²) in [5.41, 5.74) is 0. The molecule has 0 unspecified atom stereocenters. The van der Waals surface area contributed by atoms with Crippen LogP contribution in [0.3, 0.4) is 0 Å². The van der Waals surface area contributed by atoms with Crippen LogP contribution in [0.4, 0.5) is 0 Å². The fraction of sp³-hybridized carbons (Fsp3) is 0.727. The van der Waals surface area contributed by atoms with Crippen LogP contribution in [0.1, 0.15) is 51.9 Å². The van der Waals surface area contributed by atoms with Crippen molar-refractivity contribution in [1.82, 2.24) is 0 Å². The van der Waals surface area contributed by atoms with E-state index in [2.05, 4.69) is 25.7 Å². The van der Waals surface area contributed by atoms with Gasteiger partial charge in [-0.3, -0.25) is 0 Å². The van der Waals surface area contributed by atoms with Crippen LogP contribution < -0.4 is 0 Å². The second-order valence-corrected chi connectivity index (χ2v) is 2.77. The van der Waals surface area contributed by atoms with Gasteiger partial charge in [0.25, 0.3) is 0 Å². The van der Waals surface area contributed by atoms with Gasteiger partial charge in [-0.15, -0.1) is 11.8 Å². The van der Waals surface area contributed by atoms with Crippen LogP contribution in [0, 0.1) is 18.8 Å². The highest BCUT2D eigenvalue weighted by atomic mass is 13.9. The van der Waals surface area contributed by atoms with E-state index < -0.39 is 0 Å². The quantitative estimate of drug-likeness (QED) is 0.416. The Kier molecular flexibility index (Phi) is 9.18. The molecular formula is C11H19. The van der Waals surface area contributed by atoms with Crippen LogP contribution in [0.15, 0.2) is 0 Å². The van der Waals surface area contributed by atoms with Crippen molar-refractivity contribution < 1.29 is 0 Å². The van der Waals surface area contributed by atoms with Crippen molar-refractivity contribution in [1.29, 1.82) is 0 Å². The van der Waals surface area contributed by atoms with E-state index >= 15 is 0 Å². The second kappa shape index (κ2) is 9.56. The molecular weight excluding hydrogens is 132 g/mol. The van der Waals surface area contributed by atoms with Crippen molar-refractivity contribution in [2.45, 2.75) is 51.9 Å². The lowest BCUT2D eigenvalue weighted by Crippen LogP contribution is -1.72. The highest BCUT2D eigenvalue weighted by Gasteiger charge is 1.80. The molecule has 0 aliphatic carbocycles. The molecule has 63 valence electrons. The first kappa shape index (κ1) is 10.6. The average molecular weight is 151 g/mol. The number of unbranched alkanes of at least 4 members (excludes halogenated alkanes) is 5. The Hall–Kier alpha value is -0.440. The molecule has 1 radical (unpaired) electrons. The minimum absolute atomic E-state index is 1.05. The minimum Gasteiger partial charge on any atom is -0.103 e. The minimum atomic E-state index is 1.05. The molecule has 0 spiro atoms. The third kappa shape index (κ3) is 9.56. The van der Waals surface area contributed by atoms with E-state index in [1.165, 1.54) is 25.7 Å². The zero-order chi connectivity index (χ0) is 8.36. The van der Waals surface area contributed by atoms with Crippen molar-refractivity contribution in [2.75, 3.05) is 0 Å². The van der Waals surface area contributed by atoms with Gasteiger partial charge in [-0.2, -0.15) is 0 Å². The van der Waals surface area contributed by atoms with Crippen LogP contribution in [0.25, 0.3) is 0 Å². The molecule has 0 aromatic carbocycles. The third-order valence-corrected chi connectivity index (χ3v) is 1.58. The van der Waals surface area contributed by atoms with Gasteiger partial charge in [-0.25, -0.2) is 0 Å². The Balaban J connectivity index is 2.99. The molecule has 0 aromatic heterocycles. The summed E-state index contributed by atoms with van der Waals surface area (Å²) in [6, 6.07) is 0. The highest BCUT2D eigenvalue weighted by Crippen LogP contribution is 1.97. The molecule has 0 heterocycles. The molecule has 0 aliphatic rings. The van der Waals surface area contributed by atoms with E-state index in [0.29, 0.717) is 0 Å². The predicted molar refractivity (Wildman–Crippen MR) is 51.1 cm³/mol. The van der Waals surface area contributed by atoms with Gasteiger partial charge in [0, 0.05) is 12.8 Å². The summed E-state index contributed by atoms with van der Waals surface area (Å²) in [5.74, 6) is 6.35.